The molecule has 2 aliphatic rings. The molecule has 3 rings (SSSR count). The van der Waals surface area contributed by atoms with Gasteiger partial charge in [-0.25, -0.2) is 0 Å². The van der Waals surface area contributed by atoms with E-state index in [4.69, 9.17) is 0 Å². The molecule has 92 valence electrons. The van der Waals surface area contributed by atoms with Crippen molar-refractivity contribution in [3.63, 3.8) is 0 Å². The summed E-state index contributed by atoms with van der Waals surface area (Å²) >= 11 is 0. The van der Waals surface area contributed by atoms with E-state index in [2.05, 4.69) is 42.3 Å². The normalized spacial score (nSPS) is 35.7. The number of benzene rings is 1. The Morgan fingerprint density at radius 1 is 1.24 bits per heavy atom. The van der Waals surface area contributed by atoms with Gasteiger partial charge in [-0.05, 0) is 37.8 Å². The first kappa shape index (κ1) is 11.2. The highest BCUT2D eigenvalue weighted by Crippen LogP contribution is 2.47. The fourth-order valence-electron chi connectivity index (χ4n) is 3.92. The van der Waals surface area contributed by atoms with Gasteiger partial charge in [0.15, 0.2) is 0 Å². The second kappa shape index (κ2) is 4.43. The Hall–Kier alpha value is -0.860. The molecule has 2 aliphatic carbocycles. The van der Waals surface area contributed by atoms with E-state index in [1.165, 1.54) is 18.4 Å². The zero-order chi connectivity index (χ0) is 11.8. The van der Waals surface area contributed by atoms with Crippen molar-refractivity contribution >= 4 is 0 Å². The van der Waals surface area contributed by atoms with Gasteiger partial charge in [0, 0.05) is 18.5 Å². The van der Waals surface area contributed by atoms with Crippen LogP contribution < -0.4 is 0 Å². The summed E-state index contributed by atoms with van der Waals surface area (Å²) in [5.41, 5.74) is 1.37. The summed E-state index contributed by atoms with van der Waals surface area (Å²) in [6.07, 6.45) is 3.51. The Kier molecular flexibility index (Phi) is 2.93. The molecular weight excluding hydrogens is 210 g/mol. The lowest BCUT2D eigenvalue weighted by atomic mass is 9.98. The van der Waals surface area contributed by atoms with E-state index in [-0.39, 0.29) is 6.10 Å². The van der Waals surface area contributed by atoms with Crippen molar-refractivity contribution in [3.05, 3.63) is 35.9 Å². The maximum absolute atomic E-state index is 9.98. The van der Waals surface area contributed by atoms with Crippen molar-refractivity contribution in [1.29, 1.82) is 0 Å². The van der Waals surface area contributed by atoms with Crippen LogP contribution in [0.5, 0.6) is 0 Å². The molecular formula is C15H21NO. The van der Waals surface area contributed by atoms with E-state index in [0.717, 1.165) is 18.9 Å². The minimum atomic E-state index is -0.0445. The SMILES string of the molecule is CN(Cc1ccccc1)[C@H]1[C@H]2CC[C@@H]1[C@H](O)C2. The lowest BCUT2D eigenvalue weighted by Crippen LogP contribution is -2.36. The summed E-state index contributed by atoms with van der Waals surface area (Å²) in [6.45, 7) is 1.01. The standard InChI is InChI=1S/C15H21NO/c1-16(10-11-5-3-2-4-6-11)15-12-7-8-13(15)14(17)9-12/h2-6,12-15,17H,7-10H2,1H3/t12-,13+,14+,15-/m0/s1. The van der Waals surface area contributed by atoms with Crippen LogP contribution >= 0.6 is 0 Å². The molecule has 2 bridgehead atoms. The van der Waals surface area contributed by atoms with Gasteiger partial charge in [0.25, 0.3) is 0 Å². The third kappa shape index (κ3) is 2.00. The molecule has 1 N–H and O–H groups in total. The highest BCUT2D eigenvalue weighted by Gasteiger charge is 2.48. The number of aliphatic hydroxyl groups excluding tert-OH is 1. The van der Waals surface area contributed by atoms with E-state index >= 15 is 0 Å². The molecule has 1 aromatic rings. The van der Waals surface area contributed by atoms with Crippen molar-refractivity contribution < 1.29 is 5.11 Å². The quantitative estimate of drug-likeness (QED) is 0.862. The molecule has 2 saturated carbocycles. The van der Waals surface area contributed by atoms with Crippen molar-refractivity contribution in [1.82, 2.24) is 4.90 Å². The van der Waals surface area contributed by atoms with Gasteiger partial charge >= 0.3 is 0 Å². The van der Waals surface area contributed by atoms with Crippen LogP contribution in [-0.4, -0.2) is 29.2 Å². The van der Waals surface area contributed by atoms with Gasteiger partial charge in [0.05, 0.1) is 6.10 Å². The monoisotopic (exact) mass is 231 g/mol. The highest BCUT2D eigenvalue weighted by molar-refractivity contribution is 5.15. The van der Waals surface area contributed by atoms with Crippen LogP contribution in [0.2, 0.25) is 0 Å². The predicted molar refractivity (Wildman–Crippen MR) is 68.5 cm³/mol. The topological polar surface area (TPSA) is 23.5 Å². The molecule has 0 radical (unpaired) electrons. The van der Waals surface area contributed by atoms with Crippen LogP contribution in [0.1, 0.15) is 24.8 Å². The van der Waals surface area contributed by atoms with Gasteiger partial charge in [-0.2, -0.15) is 0 Å². The molecule has 2 heteroatoms. The molecule has 1 aromatic carbocycles. The van der Waals surface area contributed by atoms with Gasteiger partial charge in [0.2, 0.25) is 0 Å². The summed E-state index contributed by atoms with van der Waals surface area (Å²) < 4.78 is 0. The summed E-state index contributed by atoms with van der Waals surface area (Å²) in [6, 6.07) is 11.2. The fourth-order valence-corrected chi connectivity index (χ4v) is 3.92. The average molecular weight is 231 g/mol. The molecule has 4 atom stereocenters. The first-order valence-corrected chi connectivity index (χ1v) is 6.68. The first-order chi connectivity index (χ1) is 8.25. The van der Waals surface area contributed by atoms with Gasteiger partial charge < -0.3 is 5.11 Å². The molecule has 0 unspecified atom stereocenters. The molecule has 0 heterocycles. The lowest BCUT2D eigenvalue weighted by Gasteiger charge is -2.28. The Morgan fingerprint density at radius 2 is 2.00 bits per heavy atom. The number of hydrogen-bond acceptors (Lipinski definition) is 2. The second-order valence-corrected chi connectivity index (χ2v) is 5.70. The number of hydrogen-bond donors (Lipinski definition) is 1. The summed E-state index contributed by atoms with van der Waals surface area (Å²) in [5.74, 6) is 1.25. The molecule has 0 amide bonds. The van der Waals surface area contributed by atoms with Gasteiger partial charge in [-0.15, -0.1) is 0 Å². The van der Waals surface area contributed by atoms with Crippen LogP contribution in [0.15, 0.2) is 30.3 Å². The van der Waals surface area contributed by atoms with Crippen LogP contribution in [0.3, 0.4) is 0 Å². The fraction of sp³-hybridized carbons (Fsp3) is 0.600. The van der Waals surface area contributed by atoms with Crippen LogP contribution in [0.25, 0.3) is 0 Å². The molecule has 0 spiro atoms. The third-order valence-corrected chi connectivity index (χ3v) is 4.61. The molecule has 2 nitrogen and oxygen atoms in total. The number of aliphatic hydroxyl groups is 1. The first-order valence-electron chi connectivity index (χ1n) is 6.68. The van der Waals surface area contributed by atoms with Crippen molar-refractivity contribution in [3.8, 4) is 0 Å². The van der Waals surface area contributed by atoms with Crippen LogP contribution in [0.4, 0.5) is 0 Å². The summed E-state index contributed by atoms with van der Waals surface area (Å²) in [5, 5.41) is 9.98. The van der Waals surface area contributed by atoms with Crippen molar-refractivity contribution in [2.45, 2.75) is 38.0 Å². The van der Waals surface area contributed by atoms with Crippen molar-refractivity contribution in [2.75, 3.05) is 7.05 Å². The summed E-state index contributed by atoms with van der Waals surface area (Å²) in [7, 11) is 2.21. The van der Waals surface area contributed by atoms with Gasteiger partial charge in [-0.1, -0.05) is 30.3 Å². The van der Waals surface area contributed by atoms with Crippen LogP contribution in [0, 0.1) is 11.8 Å². The molecule has 0 aliphatic heterocycles. The second-order valence-electron chi connectivity index (χ2n) is 5.70. The summed E-state index contributed by atoms with van der Waals surface area (Å²) in [4.78, 5) is 2.45. The third-order valence-electron chi connectivity index (χ3n) is 4.61. The minimum Gasteiger partial charge on any atom is -0.393 e. The number of nitrogens with zero attached hydrogens (tertiary/aromatic N) is 1. The Labute approximate surface area is 103 Å². The van der Waals surface area contributed by atoms with Crippen LogP contribution in [-0.2, 0) is 6.54 Å². The van der Waals surface area contributed by atoms with E-state index in [9.17, 15) is 5.11 Å². The van der Waals surface area contributed by atoms with E-state index in [1.807, 2.05) is 0 Å². The largest absolute Gasteiger partial charge is 0.393 e. The Bertz CT molecular complexity index is 378. The minimum absolute atomic E-state index is 0.0445. The Balaban J connectivity index is 1.69. The van der Waals surface area contributed by atoms with Crippen molar-refractivity contribution in [2.24, 2.45) is 11.8 Å². The number of rotatable bonds is 3. The molecule has 2 fully saturated rings. The van der Waals surface area contributed by atoms with Gasteiger partial charge in [-0.3, -0.25) is 4.90 Å². The molecule has 0 saturated heterocycles. The van der Waals surface area contributed by atoms with E-state index < -0.39 is 0 Å². The zero-order valence-corrected chi connectivity index (χ0v) is 10.4. The smallest absolute Gasteiger partial charge is 0.0586 e. The maximum Gasteiger partial charge on any atom is 0.0586 e. The number of fused-ring (bicyclic) bond motifs is 2. The Morgan fingerprint density at radius 3 is 2.59 bits per heavy atom. The lowest BCUT2D eigenvalue weighted by molar-refractivity contribution is 0.0945. The average Bonchev–Trinajstić information content (AvgIpc) is 2.86. The maximum atomic E-state index is 9.98. The van der Waals surface area contributed by atoms with E-state index in [0.29, 0.717) is 12.0 Å². The van der Waals surface area contributed by atoms with Gasteiger partial charge in [0.1, 0.15) is 0 Å². The molecule has 0 aromatic heterocycles. The van der Waals surface area contributed by atoms with E-state index in [1.54, 1.807) is 0 Å². The predicted octanol–water partition coefficient (Wildman–Crippen LogP) is 2.28. The zero-order valence-electron chi connectivity index (χ0n) is 10.4. The molecule has 17 heavy (non-hydrogen) atoms. The highest BCUT2D eigenvalue weighted by atomic mass is 16.3.